The van der Waals surface area contributed by atoms with Crippen molar-refractivity contribution in [3.8, 4) is 0 Å². The van der Waals surface area contributed by atoms with Gasteiger partial charge in [-0.05, 0) is 31.2 Å². The van der Waals surface area contributed by atoms with Crippen LogP contribution in [0, 0.1) is 0 Å². The van der Waals surface area contributed by atoms with Crippen molar-refractivity contribution >= 4 is 11.8 Å². The number of carbonyl (C=O) groups is 1. The summed E-state index contributed by atoms with van der Waals surface area (Å²) in [5.41, 5.74) is 1.88. The Balaban J connectivity index is 2.74. The van der Waals surface area contributed by atoms with Gasteiger partial charge >= 0.3 is 6.09 Å². The van der Waals surface area contributed by atoms with Crippen molar-refractivity contribution in [3.63, 3.8) is 0 Å². The van der Waals surface area contributed by atoms with Crippen LogP contribution in [0.4, 0.5) is 10.5 Å². The van der Waals surface area contributed by atoms with Gasteiger partial charge in [-0.1, -0.05) is 19.1 Å². The number of amides is 1. The molecule has 1 unspecified atom stereocenters. The number of methoxy groups -OCH3 is 1. The van der Waals surface area contributed by atoms with Gasteiger partial charge in [0.25, 0.3) is 0 Å². The molecule has 4 heteroatoms. The molecule has 0 bridgehead atoms. The van der Waals surface area contributed by atoms with Crippen LogP contribution in [0.2, 0.25) is 0 Å². The van der Waals surface area contributed by atoms with Gasteiger partial charge in [0.05, 0.1) is 7.11 Å². The Morgan fingerprint density at radius 1 is 1.50 bits per heavy atom. The average Bonchev–Trinajstić information content (AvgIpc) is 2.29. The van der Waals surface area contributed by atoms with E-state index in [9.17, 15) is 4.79 Å². The minimum atomic E-state index is -0.451. The number of rotatable bonds is 4. The lowest BCUT2D eigenvalue weighted by Crippen LogP contribution is -2.18. The Bertz CT molecular complexity index is 353. The quantitative estimate of drug-likeness (QED) is 0.823. The Morgan fingerprint density at radius 2 is 2.25 bits per heavy atom. The summed E-state index contributed by atoms with van der Waals surface area (Å²) in [6.45, 7) is 5.06. The van der Waals surface area contributed by atoms with Gasteiger partial charge in [0.2, 0.25) is 0 Å². The maximum atomic E-state index is 11.0. The lowest BCUT2D eigenvalue weighted by Gasteiger charge is -2.13. The van der Waals surface area contributed by atoms with E-state index in [2.05, 4.69) is 29.2 Å². The molecule has 16 heavy (non-hydrogen) atoms. The predicted octanol–water partition coefficient (Wildman–Crippen LogP) is 2.54. The highest BCUT2D eigenvalue weighted by atomic mass is 16.5. The lowest BCUT2D eigenvalue weighted by atomic mass is 10.1. The zero-order valence-electron chi connectivity index (χ0n) is 9.91. The molecule has 0 saturated carbocycles. The standard InChI is InChI=1S/C12H18N2O2/c1-4-13-9(2)10-6-5-7-11(8-10)14-12(15)16-3/h5-9,13H,4H2,1-3H3,(H,14,15). The summed E-state index contributed by atoms with van der Waals surface area (Å²) >= 11 is 0. The van der Waals surface area contributed by atoms with E-state index in [4.69, 9.17) is 0 Å². The van der Waals surface area contributed by atoms with Crippen molar-refractivity contribution in [1.82, 2.24) is 5.32 Å². The van der Waals surface area contributed by atoms with Gasteiger partial charge in [0, 0.05) is 11.7 Å². The third-order valence-corrected chi connectivity index (χ3v) is 2.33. The molecule has 88 valence electrons. The van der Waals surface area contributed by atoms with Crippen LogP contribution in [0.1, 0.15) is 25.5 Å². The predicted molar refractivity (Wildman–Crippen MR) is 64.6 cm³/mol. The summed E-state index contributed by atoms with van der Waals surface area (Å²) in [6.07, 6.45) is -0.451. The molecule has 4 nitrogen and oxygen atoms in total. The maximum Gasteiger partial charge on any atom is 0.411 e. The van der Waals surface area contributed by atoms with Crippen molar-refractivity contribution < 1.29 is 9.53 Å². The Kier molecular flexibility index (Phi) is 4.79. The molecule has 0 heterocycles. The van der Waals surface area contributed by atoms with E-state index < -0.39 is 6.09 Å². The molecule has 0 aliphatic heterocycles. The topological polar surface area (TPSA) is 50.4 Å². The normalized spacial score (nSPS) is 11.9. The Hall–Kier alpha value is -1.55. The monoisotopic (exact) mass is 222 g/mol. The van der Waals surface area contributed by atoms with Crippen LogP contribution in [0.15, 0.2) is 24.3 Å². The lowest BCUT2D eigenvalue weighted by molar-refractivity contribution is 0.187. The molecule has 0 spiro atoms. The summed E-state index contributed by atoms with van der Waals surface area (Å²) in [5.74, 6) is 0. The van der Waals surface area contributed by atoms with E-state index in [-0.39, 0.29) is 6.04 Å². The summed E-state index contributed by atoms with van der Waals surface area (Å²) in [6, 6.07) is 7.97. The minimum absolute atomic E-state index is 0.268. The molecule has 0 aliphatic carbocycles. The third-order valence-electron chi connectivity index (χ3n) is 2.33. The fraction of sp³-hybridized carbons (Fsp3) is 0.417. The van der Waals surface area contributed by atoms with Gasteiger partial charge < -0.3 is 10.1 Å². The van der Waals surface area contributed by atoms with E-state index in [1.165, 1.54) is 7.11 Å². The molecule has 1 aromatic carbocycles. The fourth-order valence-corrected chi connectivity index (χ4v) is 1.48. The van der Waals surface area contributed by atoms with Crippen molar-refractivity contribution in [1.29, 1.82) is 0 Å². The molecular weight excluding hydrogens is 204 g/mol. The smallest absolute Gasteiger partial charge is 0.411 e. The zero-order chi connectivity index (χ0) is 12.0. The molecule has 0 aliphatic rings. The first-order valence-corrected chi connectivity index (χ1v) is 5.35. The Labute approximate surface area is 96.0 Å². The molecule has 0 saturated heterocycles. The largest absolute Gasteiger partial charge is 0.453 e. The highest BCUT2D eigenvalue weighted by Gasteiger charge is 2.05. The molecule has 0 radical (unpaired) electrons. The molecule has 0 aromatic heterocycles. The molecule has 1 aromatic rings. The van der Waals surface area contributed by atoms with Crippen LogP contribution in [-0.4, -0.2) is 19.7 Å². The van der Waals surface area contributed by atoms with Crippen molar-refractivity contribution in [2.75, 3.05) is 19.0 Å². The highest BCUT2D eigenvalue weighted by Crippen LogP contribution is 2.17. The van der Waals surface area contributed by atoms with Crippen molar-refractivity contribution in [2.24, 2.45) is 0 Å². The second-order valence-electron chi connectivity index (χ2n) is 3.52. The van der Waals surface area contributed by atoms with Gasteiger partial charge in [-0.25, -0.2) is 4.79 Å². The molecule has 1 amide bonds. The van der Waals surface area contributed by atoms with Gasteiger partial charge in [0.15, 0.2) is 0 Å². The van der Waals surface area contributed by atoms with Crippen LogP contribution in [-0.2, 0) is 4.74 Å². The van der Waals surface area contributed by atoms with Crippen LogP contribution in [0.5, 0.6) is 0 Å². The number of hydrogen-bond acceptors (Lipinski definition) is 3. The average molecular weight is 222 g/mol. The fourth-order valence-electron chi connectivity index (χ4n) is 1.48. The van der Waals surface area contributed by atoms with Gasteiger partial charge in [-0.15, -0.1) is 0 Å². The number of anilines is 1. The molecule has 2 N–H and O–H groups in total. The van der Waals surface area contributed by atoms with Gasteiger partial charge in [-0.2, -0.15) is 0 Å². The molecule has 0 fully saturated rings. The minimum Gasteiger partial charge on any atom is -0.453 e. The van der Waals surface area contributed by atoms with Gasteiger partial charge in [-0.3, -0.25) is 5.32 Å². The van der Waals surface area contributed by atoms with Gasteiger partial charge in [0.1, 0.15) is 0 Å². The van der Waals surface area contributed by atoms with E-state index >= 15 is 0 Å². The number of nitrogens with one attached hydrogen (secondary N) is 2. The number of benzene rings is 1. The van der Waals surface area contributed by atoms with Crippen molar-refractivity contribution in [3.05, 3.63) is 29.8 Å². The van der Waals surface area contributed by atoms with E-state index in [1.54, 1.807) is 0 Å². The first-order valence-electron chi connectivity index (χ1n) is 5.35. The maximum absolute atomic E-state index is 11.0. The van der Waals surface area contributed by atoms with Crippen LogP contribution in [0.3, 0.4) is 0 Å². The van der Waals surface area contributed by atoms with E-state index in [1.807, 2.05) is 24.3 Å². The number of hydrogen-bond donors (Lipinski definition) is 2. The SMILES string of the molecule is CCNC(C)c1cccc(NC(=O)OC)c1. The summed E-state index contributed by atoms with van der Waals surface area (Å²) in [5, 5.41) is 5.95. The molecule has 1 rings (SSSR count). The molecule has 1 atom stereocenters. The van der Waals surface area contributed by atoms with E-state index in [0.717, 1.165) is 17.8 Å². The highest BCUT2D eigenvalue weighted by molar-refractivity contribution is 5.84. The summed E-state index contributed by atoms with van der Waals surface area (Å²) in [4.78, 5) is 11.0. The zero-order valence-corrected chi connectivity index (χ0v) is 9.91. The van der Waals surface area contributed by atoms with Crippen LogP contribution in [0.25, 0.3) is 0 Å². The second-order valence-corrected chi connectivity index (χ2v) is 3.52. The number of ether oxygens (including phenoxy) is 1. The summed E-state index contributed by atoms with van der Waals surface area (Å²) < 4.78 is 4.54. The van der Waals surface area contributed by atoms with E-state index in [0.29, 0.717) is 0 Å². The third kappa shape index (κ3) is 3.55. The van der Waals surface area contributed by atoms with Crippen LogP contribution >= 0.6 is 0 Å². The number of carbonyl (C=O) groups excluding carboxylic acids is 1. The molecular formula is C12H18N2O2. The first kappa shape index (κ1) is 12.5. The van der Waals surface area contributed by atoms with Crippen molar-refractivity contribution in [2.45, 2.75) is 19.9 Å². The first-order chi connectivity index (χ1) is 7.67. The summed E-state index contributed by atoms with van der Waals surface area (Å²) in [7, 11) is 1.35. The second kappa shape index (κ2) is 6.12. The van der Waals surface area contributed by atoms with Crippen LogP contribution < -0.4 is 10.6 Å². The Morgan fingerprint density at radius 3 is 2.88 bits per heavy atom.